The van der Waals surface area contributed by atoms with Crippen LogP contribution in [0.4, 0.5) is 4.79 Å². The molecule has 100 valence electrons. The van der Waals surface area contributed by atoms with Gasteiger partial charge in [-0.05, 0) is 17.7 Å². The highest BCUT2D eigenvalue weighted by molar-refractivity contribution is 7.09. The average Bonchev–Trinajstić information content (AvgIpc) is 2.78. The Morgan fingerprint density at radius 3 is 2.79 bits per heavy atom. The molecule has 0 fully saturated rings. The van der Waals surface area contributed by atoms with E-state index in [1.165, 1.54) is 7.05 Å². The topological polar surface area (TPSA) is 73.2 Å². The zero-order valence-electron chi connectivity index (χ0n) is 9.92. The number of aromatic nitrogens is 2. The Hall–Kier alpha value is -1.86. The van der Waals surface area contributed by atoms with E-state index in [0.29, 0.717) is 5.02 Å². The Labute approximate surface area is 117 Å². The predicted molar refractivity (Wildman–Crippen MR) is 72.0 cm³/mol. The van der Waals surface area contributed by atoms with Crippen molar-refractivity contribution in [3.63, 3.8) is 0 Å². The van der Waals surface area contributed by atoms with Gasteiger partial charge < -0.3 is 10.1 Å². The van der Waals surface area contributed by atoms with Crippen LogP contribution in [0.15, 0.2) is 29.1 Å². The van der Waals surface area contributed by atoms with Crippen LogP contribution in [0.25, 0.3) is 0 Å². The van der Waals surface area contributed by atoms with Gasteiger partial charge >= 0.3 is 11.7 Å². The molecule has 2 rings (SSSR count). The first-order valence-corrected chi connectivity index (χ1v) is 6.45. The van der Waals surface area contributed by atoms with Gasteiger partial charge in [0.25, 0.3) is 5.19 Å². The second-order valence-electron chi connectivity index (χ2n) is 3.52. The van der Waals surface area contributed by atoms with Crippen molar-refractivity contribution >= 4 is 29.2 Å². The lowest BCUT2D eigenvalue weighted by molar-refractivity contribution is 0.245. The molecule has 0 unspecified atom stereocenters. The molecule has 0 aliphatic heterocycles. The number of rotatable bonds is 3. The quantitative estimate of drug-likeness (QED) is 0.936. The number of hydrogen-bond donors (Lipinski definition) is 1. The molecule has 0 spiro atoms. The summed E-state index contributed by atoms with van der Waals surface area (Å²) in [6.07, 6.45) is 0. The number of nitrogens with one attached hydrogen (secondary N) is 1. The van der Waals surface area contributed by atoms with Crippen LogP contribution in [0.3, 0.4) is 0 Å². The summed E-state index contributed by atoms with van der Waals surface area (Å²) in [6, 6.07) is 6.56. The van der Waals surface area contributed by atoms with E-state index < -0.39 is 11.7 Å². The van der Waals surface area contributed by atoms with Gasteiger partial charge in [-0.2, -0.15) is 3.96 Å². The summed E-state index contributed by atoms with van der Waals surface area (Å²) in [4.78, 5) is 26.3. The van der Waals surface area contributed by atoms with Crippen molar-refractivity contribution in [2.45, 2.75) is 6.61 Å². The number of halogens is 1. The first-order chi connectivity index (χ1) is 9.10. The van der Waals surface area contributed by atoms with Crippen LogP contribution >= 0.6 is 23.1 Å². The van der Waals surface area contributed by atoms with Crippen molar-refractivity contribution in [3.8, 4) is 5.19 Å². The highest BCUT2D eigenvalue weighted by Crippen LogP contribution is 2.15. The second-order valence-corrected chi connectivity index (χ2v) is 4.85. The maximum absolute atomic E-state index is 11.4. The molecular weight excluding hydrogens is 290 g/mol. The Balaban J connectivity index is 2.06. The van der Waals surface area contributed by atoms with Gasteiger partial charge in [0, 0.05) is 23.6 Å². The van der Waals surface area contributed by atoms with Crippen molar-refractivity contribution in [1.29, 1.82) is 0 Å². The zero-order chi connectivity index (χ0) is 13.8. The minimum Gasteiger partial charge on any atom is -0.464 e. The molecular formula is C11H10ClN3O3S. The number of carbonyl (C=O) groups excluding carboxylic acids is 1. The van der Waals surface area contributed by atoms with E-state index in [0.717, 1.165) is 21.1 Å². The lowest BCUT2D eigenvalue weighted by atomic mass is 10.2. The number of carbonyl (C=O) groups is 1. The lowest BCUT2D eigenvalue weighted by Gasteiger charge is -2.01. The Morgan fingerprint density at radius 2 is 2.16 bits per heavy atom. The second kappa shape index (κ2) is 5.85. The van der Waals surface area contributed by atoms with Gasteiger partial charge in [0.2, 0.25) is 0 Å². The van der Waals surface area contributed by atoms with E-state index in [1.807, 2.05) is 0 Å². The minimum atomic E-state index is -0.657. The highest BCUT2D eigenvalue weighted by Gasteiger charge is 2.12. The van der Waals surface area contributed by atoms with Crippen LogP contribution in [-0.2, 0) is 6.61 Å². The van der Waals surface area contributed by atoms with E-state index in [4.69, 9.17) is 16.3 Å². The monoisotopic (exact) mass is 299 g/mol. The summed E-state index contributed by atoms with van der Waals surface area (Å²) < 4.78 is 6.24. The van der Waals surface area contributed by atoms with Crippen molar-refractivity contribution in [3.05, 3.63) is 45.3 Å². The maximum atomic E-state index is 11.4. The molecule has 0 atom stereocenters. The van der Waals surface area contributed by atoms with Crippen LogP contribution in [-0.4, -0.2) is 22.0 Å². The minimum absolute atomic E-state index is 0.142. The molecule has 1 aromatic heterocycles. The molecule has 0 radical (unpaired) electrons. The molecule has 0 aliphatic carbocycles. The smallest absolute Gasteiger partial charge is 0.369 e. The number of benzene rings is 1. The Bertz CT molecular complexity index is 635. The Morgan fingerprint density at radius 1 is 1.47 bits per heavy atom. The molecule has 1 heterocycles. The largest absolute Gasteiger partial charge is 0.464 e. The third-order valence-corrected chi connectivity index (χ3v) is 3.33. The fourth-order valence-electron chi connectivity index (χ4n) is 1.28. The van der Waals surface area contributed by atoms with Crippen molar-refractivity contribution in [1.82, 2.24) is 14.3 Å². The van der Waals surface area contributed by atoms with Gasteiger partial charge in [-0.1, -0.05) is 23.7 Å². The molecule has 0 bridgehead atoms. The molecule has 6 nitrogen and oxygen atoms in total. The molecule has 19 heavy (non-hydrogen) atoms. The van der Waals surface area contributed by atoms with E-state index in [9.17, 15) is 9.59 Å². The molecule has 0 saturated carbocycles. The summed E-state index contributed by atoms with van der Waals surface area (Å²) in [5, 5.41) is 3.12. The first-order valence-electron chi connectivity index (χ1n) is 5.30. The molecule has 0 saturated heterocycles. The van der Waals surface area contributed by atoms with E-state index in [-0.39, 0.29) is 11.8 Å². The Kier molecular flexibility index (Phi) is 4.18. The normalized spacial score (nSPS) is 10.2. The van der Waals surface area contributed by atoms with Crippen LogP contribution in [0.1, 0.15) is 5.56 Å². The van der Waals surface area contributed by atoms with Crippen molar-refractivity contribution < 1.29 is 9.53 Å². The maximum Gasteiger partial charge on any atom is 0.369 e. The van der Waals surface area contributed by atoms with Crippen LogP contribution in [0, 0.1) is 0 Å². The summed E-state index contributed by atoms with van der Waals surface area (Å²) >= 11 is 6.61. The number of hydrogen-bond acceptors (Lipinski definition) is 5. The first kappa shape index (κ1) is 13.6. The number of nitrogens with zero attached hydrogens (tertiary/aromatic N) is 2. The van der Waals surface area contributed by atoms with Gasteiger partial charge in [0.05, 0.1) is 0 Å². The third kappa shape index (κ3) is 3.33. The van der Waals surface area contributed by atoms with Crippen molar-refractivity contribution in [2.24, 2.45) is 0 Å². The zero-order valence-corrected chi connectivity index (χ0v) is 11.5. The van der Waals surface area contributed by atoms with E-state index >= 15 is 0 Å². The highest BCUT2D eigenvalue weighted by atomic mass is 35.5. The van der Waals surface area contributed by atoms with Gasteiger partial charge in [-0.25, -0.2) is 9.59 Å². The fourth-order valence-corrected chi connectivity index (χ4v) is 2.08. The fraction of sp³-hybridized carbons (Fsp3) is 0.182. The average molecular weight is 300 g/mol. The van der Waals surface area contributed by atoms with Gasteiger partial charge in [0.1, 0.15) is 6.61 Å². The summed E-state index contributed by atoms with van der Waals surface area (Å²) in [7, 11) is 1.43. The molecule has 2 aromatic rings. The molecule has 1 aromatic carbocycles. The van der Waals surface area contributed by atoms with Crippen LogP contribution < -0.4 is 15.7 Å². The van der Waals surface area contributed by atoms with Gasteiger partial charge in [-0.3, -0.25) is 0 Å². The molecule has 1 N–H and O–H groups in total. The van der Waals surface area contributed by atoms with Gasteiger partial charge in [0.15, 0.2) is 0 Å². The standard InChI is InChI=1S/C11H10ClN3O3S/c1-13-9(16)15-10(17)14-11(19-15)18-6-7-2-4-8(12)5-3-7/h2-5H,6H2,1H3,(H,13,16). The van der Waals surface area contributed by atoms with E-state index in [2.05, 4.69) is 10.3 Å². The SMILES string of the molecule is CNC(=O)n1sc(OCc2ccc(Cl)cc2)nc1=O. The molecule has 1 amide bonds. The summed E-state index contributed by atoms with van der Waals surface area (Å²) in [5.74, 6) is 0. The predicted octanol–water partition coefficient (Wildman–Crippen LogP) is 1.72. The summed E-state index contributed by atoms with van der Waals surface area (Å²) in [5.41, 5.74) is 0.231. The van der Waals surface area contributed by atoms with Crippen LogP contribution in [0.5, 0.6) is 5.19 Å². The lowest BCUT2D eigenvalue weighted by Crippen LogP contribution is -2.30. The summed E-state index contributed by atoms with van der Waals surface area (Å²) in [6.45, 7) is 0.248. The number of ether oxygens (including phenoxy) is 1. The van der Waals surface area contributed by atoms with Crippen LogP contribution in [0.2, 0.25) is 5.02 Å². The molecule has 8 heteroatoms. The van der Waals surface area contributed by atoms with Gasteiger partial charge in [-0.15, -0.1) is 4.98 Å². The van der Waals surface area contributed by atoms with E-state index in [1.54, 1.807) is 24.3 Å². The third-order valence-electron chi connectivity index (χ3n) is 2.20. The van der Waals surface area contributed by atoms with Crippen molar-refractivity contribution in [2.75, 3.05) is 7.05 Å². The number of amides is 1. The molecule has 0 aliphatic rings.